The van der Waals surface area contributed by atoms with Crippen LogP contribution in [0.5, 0.6) is 5.75 Å². The van der Waals surface area contributed by atoms with Gasteiger partial charge in [-0.1, -0.05) is 6.07 Å². The summed E-state index contributed by atoms with van der Waals surface area (Å²) < 4.78 is 7.34. The maximum absolute atomic E-state index is 11.1. The molecule has 2 aromatic rings. The Morgan fingerprint density at radius 3 is 2.63 bits per heavy atom. The first-order valence-corrected chi connectivity index (χ1v) is 6.13. The van der Waals surface area contributed by atoms with E-state index in [2.05, 4.69) is 0 Å². The van der Waals surface area contributed by atoms with Crippen LogP contribution >= 0.6 is 0 Å². The number of aliphatic carboxylic acids is 1. The molecule has 102 valence electrons. The van der Waals surface area contributed by atoms with Gasteiger partial charge in [0.05, 0.1) is 12.6 Å². The molecule has 0 saturated heterocycles. The second-order valence-corrected chi connectivity index (χ2v) is 4.76. The summed E-state index contributed by atoms with van der Waals surface area (Å²) in [5, 5.41) is 9.90. The molecule has 0 amide bonds. The Balaban J connectivity index is 2.79. The van der Waals surface area contributed by atoms with Crippen molar-refractivity contribution in [2.75, 3.05) is 7.11 Å². The maximum Gasteiger partial charge on any atom is 0.325 e. The molecule has 0 saturated carbocycles. The van der Waals surface area contributed by atoms with Crippen molar-refractivity contribution in [3.05, 3.63) is 30.0 Å². The number of ether oxygens (including phenoxy) is 1. The lowest BCUT2D eigenvalue weighted by molar-refractivity contribution is -0.138. The minimum Gasteiger partial charge on any atom is -0.496 e. The van der Waals surface area contributed by atoms with E-state index >= 15 is 0 Å². The van der Waals surface area contributed by atoms with Crippen molar-refractivity contribution in [3.63, 3.8) is 0 Å². The lowest BCUT2D eigenvalue weighted by Crippen LogP contribution is -2.20. The van der Waals surface area contributed by atoms with Gasteiger partial charge in [-0.25, -0.2) is 0 Å². The lowest BCUT2D eigenvalue weighted by atomic mass is 10.1. The average molecular weight is 262 g/mol. The van der Waals surface area contributed by atoms with Crippen LogP contribution in [0.3, 0.4) is 0 Å². The van der Waals surface area contributed by atoms with Gasteiger partial charge in [0.15, 0.2) is 0 Å². The van der Waals surface area contributed by atoms with E-state index in [0.29, 0.717) is 11.3 Å². The molecule has 0 aliphatic heterocycles. The van der Waals surface area contributed by atoms with Gasteiger partial charge in [0.2, 0.25) is 0 Å². The average Bonchev–Trinajstić information content (AvgIpc) is 2.77. The number of fused-ring (bicyclic) bond motifs is 1. The number of carbonyl (C=O) groups is 1. The van der Waals surface area contributed by atoms with Crippen LogP contribution in [-0.2, 0) is 4.79 Å². The molecule has 0 fully saturated rings. The van der Waals surface area contributed by atoms with E-state index in [-0.39, 0.29) is 6.04 Å². The van der Waals surface area contributed by atoms with Crippen LogP contribution in [0.1, 0.15) is 31.5 Å². The Labute approximate surface area is 111 Å². The Morgan fingerprint density at radius 2 is 2.11 bits per heavy atom. The van der Waals surface area contributed by atoms with Crippen molar-refractivity contribution < 1.29 is 14.6 Å². The van der Waals surface area contributed by atoms with Gasteiger partial charge in [-0.2, -0.15) is 0 Å². The highest BCUT2D eigenvalue weighted by Gasteiger charge is 2.23. The molecule has 19 heavy (non-hydrogen) atoms. The van der Waals surface area contributed by atoms with Gasteiger partial charge < -0.3 is 20.1 Å². The number of carboxylic acid groups (broad SMARTS) is 1. The molecule has 0 aliphatic carbocycles. The number of hydrogen-bond donors (Lipinski definition) is 2. The number of carboxylic acids is 1. The zero-order chi connectivity index (χ0) is 14.2. The first-order chi connectivity index (χ1) is 8.97. The third-order valence-electron chi connectivity index (χ3n) is 3.23. The normalized spacial score (nSPS) is 12.9. The van der Waals surface area contributed by atoms with Gasteiger partial charge >= 0.3 is 5.97 Å². The molecule has 5 heteroatoms. The van der Waals surface area contributed by atoms with E-state index in [1.807, 2.05) is 36.6 Å². The van der Waals surface area contributed by atoms with Crippen molar-refractivity contribution in [3.8, 4) is 5.75 Å². The van der Waals surface area contributed by atoms with Crippen molar-refractivity contribution in [1.82, 2.24) is 4.57 Å². The smallest absolute Gasteiger partial charge is 0.325 e. The third-order valence-corrected chi connectivity index (χ3v) is 3.23. The first-order valence-electron chi connectivity index (χ1n) is 6.13. The summed E-state index contributed by atoms with van der Waals surface area (Å²) in [7, 11) is 1.57. The fourth-order valence-corrected chi connectivity index (χ4v) is 2.27. The summed E-state index contributed by atoms with van der Waals surface area (Å²) in [6.45, 7) is 4.07. The molecular weight excluding hydrogens is 244 g/mol. The van der Waals surface area contributed by atoms with Crippen molar-refractivity contribution >= 4 is 16.9 Å². The molecule has 1 heterocycles. The van der Waals surface area contributed by atoms with E-state index in [9.17, 15) is 4.79 Å². The molecule has 3 N–H and O–H groups in total. The molecule has 0 spiro atoms. The summed E-state index contributed by atoms with van der Waals surface area (Å²) in [5.41, 5.74) is 7.28. The second-order valence-electron chi connectivity index (χ2n) is 4.76. The monoisotopic (exact) mass is 262 g/mol. The quantitative estimate of drug-likeness (QED) is 0.886. The van der Waals surface area contributed by atoms with Crippen molar-refractivity contribution in [2.24, 2.45) is 5.73 Å². The van der Waals surface area contributed by atoms with E-state index < -0.39 is 12.0 Å². The number of rotatable bonds is 4. The van der Waals surface area contributed by atoms with Crippen molar-refractivity contribution in [1.29, 1.82) is 0 Å². The molecule has 1 atom stereocenters. The summed E-state index contributed by atoms with van der Waals surface area (Å²) in [6, 6.07) is 4.79. The van der Waals surface area contributed by atoms with Crippen LogP contribution in [0, 0.1) is 0 Å². The Morgan fingerprint density at radius 1 is 1.42 bits per heavy atom. The van der Waals surface area contributed by atoms with Gasteiger partial charge in [0.1, 0.15) is 11.8 Å². The molecule has 0 aliphatic rings. The molecular formula is C14H18N2O3. The summed E-state index contributed by atoms with van der Waals surface area (Å²) in [4.78, 5) is 11.1. The van der Waals surface area contributed by atoms with Gasteiger partial charge in [0.25, 0.3) is 0 Å². The molecule has 1 aromatic carbocycles. The Kier molecular flexibility index (Phi) is 3.48. The van der Waals surface area contributed by atoms with Gasteiger partial charge in [-0.3, -0.25) is 4.79 Å². The van der Waals surface area contributed by atoms with Crippen LogP contribution < -0.4 is 10.5 Å². The number of benzene rings is 1. The molecule has 1 unspecified atom stereocenters. The Bertz CT molecular complexity index is 616. The first kappa shape index (κ1) is 13.4. The molecule has 0 radical (unpaired) electrons. The summed E-state index contributed by atoms with van der Waals surface area (Å²) in [5.74, 6) is -0.405. The minimum atomic E-state index is -1.06. The standard InChI is InChI=1S/C14H18N2O3/c1-8(2)16-7-9(13(15)14(17)18)12-10(16)5-4-6-11(12)19-3/h4-8,13H,15H2,1-3H3,(H,17,18). The lowest BCUT2D eigenvalue weighted by Gasteiger charge is -2.09. The minimum absolute atomic E-state index is 0.212. The predicted octanol–water partition coefficient (Wildman–Crippen LogP) is 2.32. The SMILES string of the molecule is COc1cccc2c1c(C(N)C(=O)O)cn2C(C)C. The van der Waals surface area contributed by atoms with Crippen molar-refractivity contribution in [2.45, 2.75) is 25.9 Å². The number of hydrogen-bond acceptors (Lipinski definition) is 3. The third kappa shape index (κ3) is 2.17. The van der Waals surface area contributed by atoms with Gasteiger partial charge in [0, 0.05) is 23.2 Å². The second kappa shape index (κ2) is 4.93. The van der Waals surface area contributed by atoms with Crippen LogP contribution in [0.2, 0.25) is 0 Å². The topological polar surface area (TPSA) is 77.5 Å². The van der Waals surface area contributed by atoms with Crippen LogP contribution in [-0.4, -0.2) is 22.8 Å². The summed E-state index contributed by atoms with van der Waals surface area (Å²) >= 11 is 0. The zero-order valence-electron chi connectivity index (χ0n) is 11.3. The fourth-order valence-electron chi connectivity index (χ4n) is 2.27. The molecule has 0 bridgehead atoms. The number of methoxy groups -OCH3 is 1. The molecule has 5 nitrogen and oxygen atoms in total. The van der Waals surface area contributed by atoms with E-state index in [4.69, 9.17) is 15.6 Å². The number of aromatic nitrogens is 1. The van der Waals surface area contributed by atoms with Crippen LogP contribution in [0.25, 0.3) is 10.9 Å². The van der Waals surface area contributed by atoms with Gasteiger partial charge in [-0.05, 0) is 26.0 Å². The van der Waals surface area contributed by atoms with E-state index in [0.717, 1.165) is 10.9 Å². The number of nitrogens with two attached hydrogens (primary N) is 1. The molecule has 1 aromatic heterocycles. The van der Waals surface area contributed by atoms with E-state index in [1.165, 1.54) is 0 Å². The fraction of sp³-hybridized carbons (Fsp3) is 0.357. The highest BCUT2D eigenvalue weighted by atomic mass is 16.5. The Hall–Kier alpha value is -2.01. The van der Waals surface area contributed by atoms with Gasteiger partial charge in [-0.15, -0.1) is 0 Å². The maximum atomic E-state index is 11.1. The molecule has 2 rings (SSSR count). The van der Waals surface area contributed by atoms with Crippen LogP contribution in [0.4, 0.5) is 0 Å². The zero-order valence-corrected chi connectivity index (χ0v) is 11.3. The highest BCUT2D eigenvalue weighted by Crippen LogP contribution is 2.34. The largest absolute Gasteiger partial charge is 0.496 e. The highest BCUT2D eigenvalue weighted by molar-refractivity contribution is 5.94. The summed E-state index contributed by atoms with van der Waals surface area (Å²) in [6.07, 6.45) is 1.80. The predicted molar refractivity (Wildman–Crippen MR) is 73.4 cm³/mol. The van der Waals surface area contributed by atoms with E-state index in [1.54, 1.807) is 13.3 Å². The number of nitrogens with zero attached hydrogens (tertiary/aromatic N) is 1. The van der Waals surface area contributed by atoms with Crippen LogP contribution in [0.15, 0.2) is 24.4 Å².